The average molecular weight is 425 g/mol. The molecule has 3 aromatic rings. The number of hydrogen-bond donors (Lipinski definition) is 1. The Morgan fingerprint density at radius 2 is 1.85 bits per heavy atom. The van der Waals surface area contributed by atoms with E-state index in [1.165, 1.54) is 0 Å². The van der Waals surface area contributed by atoms with Crippen LogP contribution in [0.2, 0.25) is 0 Å². The van der Waals surface area contributed by atoms with Crippen LogP contribution in [0.25, 0.3) is 11.3 Å². The number of carbonyl (C=O) groups excluding carboxylic acids is 1. The molecule has 0 aliphatic rings. The van der Waals surface area contributed by atoms with Crippen LogP contribution in [0.5, 0.6) is 5.75 Å². The van der Waals surface area contributed by atoms with Crippen LogP contribution in [0.4, 0.5) is 0 Å². The summed E-state index contributed by atoms with van der Waals surface area (Å²) in [5.41, 5.74) is 1.51. The molecule has 2 aromatic carbocycles. The van der Waals surface area contributed by atoms with Crippen molar-refractivity contribution in [1.29, 1.82) is 5.26 Å². The van der Waals surface area contributed by atoms with Crippen molar-refractivity contribution >= 4 is 21.8 Å². The molecule has 0 aliphatic carbocycles. The van der Waals surface area contributed by atoms with Crippen molar-refractivity contribution in [3.8, 4) is 23.1 Å². The number of furan rings is 1. The summed E-state index contributed by atoms with van der Waals surface area (Å²) in [5, 5.41) is 11.6. The number of nitrogens with one attached hydrogen (secondary N) is 1. The molecule has 0 unspecified atom stereocenters. The lowest BCUT2D eigenvalue weighted by atomic mass is 10.2. The molecular weight excluding hydrogens is 408 g/mol. The predicted molar refractivity (Wildman–Crippen MR) is 105 cm³/mol. The quantitative estimate of drug-likeness (QED) is 0.623. The van der Waals surface area contributed by atoms with Crippen molar-refractivity contribution in [3.63, 3.8) is 0 Å². The average Bonchev–Trinajstić information content (AvgIpc) is 3.16. The highest BCUT2D eigenvalue weighted by atomic mass is 79.9. The Kier molecular flexibility index (Phi) is 5.94. The summed E-state index contributed by atoms with van der Waals surface area (Å²) < 4.78 is 12.4. The first-order valence-corrected chi connectivity index (χ1v) is 9.13. The number of nitrogens with zero attached hydrogens (tertiary/aromatic N) is 1. The Hall–Kier alpha value is -3.04. The first-order chi connectivity index (χ1) is 13.0. The zero-order valence-electron chi connectivity index (χ0n) is 14.6. The number of rotatable bonds is 6. The van der Waals surface area contributed by atoms with Gasteiger partial charge in [-0.15, -0.1) is 0 Å². The van der Waals surface area contributed by atoms with E-state index in [-0.39, 0.29) is 12.5 Å². The summed E-state index contributed by atoms with van der Waals surface area (Å²) in [7, 11) is 0. The van der Waals surface area contributed by atoms with Crippen LogP contribution in [0.1, 0.15) is 18.2 Å². The summed E-state index contributed by atoms with van der Waals surface area (Å²) in [5.74, 6) is 1.69. The lowest BCUT2D eigenvalue weighted by Gasteiger charge is -2.14. The second-order valence-corrected chi connectivity index (χ2v) is 6.80. The normalized spacial score (nSPS) is 11.4. The minimum absolute atomic E-state index is 0.249. The molecular formula is C21H17BrN2O3. The third kappa shape index (κ3) is 4.99. The van der Waals surface area contributed by atoms with Gasteiger partial charge in [-0.1, -0.05) is 28.1 Å². The van der Waals surface area contributed by atoms with Gasteiger partial charge in [0.05, 0.1) is 18.2 Å². The molecule has 0 aliphatic heterocycles. The first kappa shape index (κ1) is 18.7. The van der Waals surface area contributed by atoms with Crippen molar-refractivity contribution in [2.24, 2.45) is 0 Å². The molecule has 0 spiro atoms. The Labute approximate surface area is 165 Å². The summed E-state index contributed by atoms with van der Waals surface area (Å²) >= 11 is 3.40. The Morgan fingerprint density at radius 3 is 2.52 bits per heavy atom. The van der Waals surface area contributed by atoms with Crippen molar-refractivity contribution in [2.75, 3.05) is 0 Å². The number of carbonyl (C=O) groups is 1. The van der Waals surface area contributed by atoms with Crippen LogP contribution in [-0.4, -0.2) is 12.0 Å². The third-order valence-electron chi connectivity index (χ3n) is 3.89. The molecule has 27 heavy (non-hydrogen) atoms. The van der Waals surface area contributed by atoms with Gasteiger partial charge in [0, 0.05) is 10.0 Å². The van der Waals surface area contributed by atoms with E-state index in [2.05, 4.69) is 21.2 Å². The van der Waals surface area contributed by atoms with Gasteiger partial charge >= 0.3 is 0 Å². The highest BCUT2D eigenvalue weighted by molar-refractivity contribution is 9.10. The van der Waals surface area contributed by atoms with Gasteiger partial charge < -0.3 is 14.5 Å². The SMILES string of the molecule is C[C@H](Oc1ccc(C#N)cc1)C(=O)NCc1ccc(-c2ccc(Br)cc2)o1. The molecule has 136 valence electrons. The van der Waals surface area contributed by atoms with Crippen LogP contribution in [0.15, 0.2) is 69.6 Å². The number of ether oxygens (including phenoxy) is 1. The summed E-state index contributed by atoms with van der Waals surface area (Å²) in [4.78, 5) is 12.2. The van der Waals surface area contributed by atoms with Gasteiger partial charge in [0.2, 0.25) is 0 Å². The molecule has 1 aromatic heterocycles. The smallest absolute Gasteiger partial charge is 0.261 e. The van der Waals surface area contributed by atoms with Gasteiger partial charge in [0.25, 0.3) is 5.91 Å². The lowest BCUT2D eigenvalue weighted by molar-refractivity contribution is -0.127. The Bertz CT molecular complexity index is 956. The molecule has 1 N–H and O–H groups in total. The second kappa shape index (κ2) is 8.56. The van der Waals surface area contributed by atoms with E-state index in [1.807, 2.05) is 42.5 Å². The van der Waals surface area contributed by atoms with Gasteiger partial charge in [-0.05, 0) is 55.5 Å². The zero-order valence-corrected chi connectivity index (χ0v) is 16.2. The summed E-state index contributed by atoms with van der Waals surface area (Å²) in [6, 6.07) is 20.2. The molecule has 0 saturated heterocycles. The number of amides is 1. The van der Waals surface area contributed by atoms with Gasteiger partial charge in [-0.3, -0.25) is 4.79 Å². The van der Waals surface area contributed by atoms with E-state index in [4.69, 9.17) is 14.4 Å². The molecule has 6 heteroatoms. The van der Waals surface area contributed by atoms with Gasteiger partial charge in [0.15, 0.2) is 6.10 Å². The van der Waals surface area contributed by atoms with E-state index in [0.29, 0.717) is 17.1 Å². The van der Waals surface area contributed by atoms with Gasteiger partial charge in [-0.25, -0.2) is 0 Å². The van der Waals surface area contributed by atoms with Crippen LogP contribution < -0.4 is 10.1 Å². The van der Waals surface area contributed by atoms with E-state index in [0.717, 1.165) is 15.8 Å². The molecule has 0 fully saturated rings. The number of hydrogen-bond acceptors (Lipinski definition) is 4. The number of halogens is 1. The zero-order chi connectivity index (χ0) is 19.2. The van der Waals surface area contributed by atoms with Crippen LogP contribution in [-0.2, 0) is 11.3 Å². The maximum atomic E-state index is 12.2. The Balaban J connectivity index is 1.54. The molecule has 3 rings (SSSR count). The van der Waals surface area contributed by atoms with Crippen LogP contribution in [0, 0.1) is 11.3 Å². The van der Waals surface area contributed by atoms with Crippen molar-refractivity contribution < 1.29 is 13.9 Å². The lowest BCUT2D eigenvalue weighted by Crippen LogP contribution is -2.35. The fraction of sp³-hybridized carbons (Fsp3) is 0.143. The highest BCUT2D eigenvalue weighted by Gasteiger charge is 2.15. The fourth-order valence-electron chi connectivity index (χ4n) is 2.43. The van der Waals surface area contributed by atoms with Crippen LogP contribution >= 0.6 is 15.9 Å². The fourth-order valence-corrected chi connectivity index (χ4v) is 2.69. The number of nitriles is 1. The molecule has 1 atom stereocenters. The summed E-state index contributed by atoms with van der Waals surface area (Å²) in [6.45, 7) is 1.94. The molecule has 1 heterocycles. The topological polar surface area (TPSA) is 75.3 Å². The number of benzene rings is 2. The minimum Gasteiger partial charge on any atom is -0.481 e. The van der Waals surface area contributed by atoms with E-state index in [9.17, 15) is 4.79 Å². The van der Waals surface area contributed by atoms with E-state index < -0.39 is 6.10 Å². The van der Waals surface area contributed by atoms with Crippen LogP contribution in [0.3, 0.4) is 0 Å². The van der Waals surface area contributed by atoms with E-state index in [1.54, 1.807) is 31.2 Å². The monoisotopic (exact) mass is 424 g/mol. The second-order valence-electron chi connectivity index (χ2n) is 5.89. The third-order valence-corrected chi connectivity index (χ3v) is 4.42. The largest absolute Gasteiger partial charge is 0.481 e. The van der Waals surface area contributed by atoms with Gasteiger partial charge in [0.1, 0.15) is 17.3 Å². The first-order valence-electron chi connectivity index (χ1n) is 8.34. The maximum absolute atomic E-state index is 12.2. The van der Waals surface area contributed by atoms with Crippen molar-refractivity contribution in [3.05, 3.63) is 76.5 Å². The molecule has 5 nitrogen and oxygen atoms in total. The van der Waals surface area contributed by atoms with Crippen molar-refractivity contribution in [2.45, 2.75) is 19.6 Å². The molecule has 0 saturated carbocycles. The Morgan fingerprint density at radius 1 is 1.15 bits per heavy atom. The summed E-state index contributed by atoms with van der Waals surface area (Å²) in [6.07, 6.45) is -0.668. The standard InChI is InChI=1S/C21H17BrN2O3/c1-14(26-18-8-2-15(12-23)3-9-18)21(25)24-13-19-10-11-20(27-19)16-4-6-17(22)7-5-16/h2-11,14H,13H2,1H3,(H,24,25)/t14-/m0/s1. The minimum atomic E-state index is -0.668. The van der Waals surface area contributed by atoms with E-state index >= 15 is 0 Å². The molecule has 0 radical (unpaired) electrons. The molecule has 1 amide bonds. The highest BCUT2D eigenvalue weighted by Crippen LogP contribution is 2.24. The maximum Gasteiger partial charge on any atom is 0.261 e. The molecule has 0 bridgehead atoms. The predicted octanol–water partition coefficient (Wildman–Crippen LogP) is 4.66. The van der Waals surface area contributed by atoms with Crippen molar-refractivity contribution in [1.82, 2.24) is 5.32 Å². The van der Waals surface area contributed by atoms with Gasteiger partial charge in [-0.2, -0.15) is 5.26 Å².